The van der Waals surface area contributed by atoms with Crippen molar-refractivity contribution in [3.05, 3.63) is 56.7 Å². The summed E-state index contributed by atoms with van der Waals surface area (Å²) in [6.07, 6.45) is 1.10. The number of anilines is 2. The van der Waals surface area contributed by atoms with Gasteiger partial charge in [0.2, 0.25) is 23.0 Å². The van der Waals surface area contributed by atoms with Gasteiger partial charge in [0.25, 0.3) is 0 Å². The molecule has 1 aliphatic carbocycles. The van der Waals surface area contributed by atoms with Crippen LogP contribution in [0.3, 0.4) is 0 Å². The number of benzene rings is 1. The molecule has 1 aromatic heterocycles. The summed E-state index contributed by atoms with van der Waals surface area (Å²) in [6.45, 7) is 5.05. The van der Waals surface area contributed by atoms with Gasteiger partial charge in [0, 0.05) is 17.9 Å². The molecule has 3 aromatic rings. The van der Waals surface area contributed by atoms with Crippen LogP contribution in [0.4, 0.5) is 10.8 Å². The van der Waals surface area contributed by atoms with Crippen LogP contribution < -0.4 is 35.6 Å². The van der Waals surface area contributed by atoms with Gasteiger partial charge in [-0.05, 0) is 61.6 Å². The average molecular weight is 625 g/mol. The van der Waals surface area contributed by atoms with Crippen LogP contribution >= 0.6 is 11.3 Å². The second-order valence-electron chi connectivity index (χ2n) is 10.1. The number of nitrogens with one attached hydrogen (secondary N) is 3. The van der Waals surface area contributed by atoms with Crippen molar-refractivity contribution in [3.8, 4) is 28.4 Å². The number of carbonyl (C=O) groups is 3. The first-order valence-electron chi connectivity index (χ1n) is 14.0. The molecule has 44 heavy (non-hydrogen) atoms. The van der Waals surface area contributed by atoms with Gasteiger partial charge >= 0.3 is 5.97 Å². The number of rotatable bonds is 11. The Morgan fingerprint density at radius 2 is 1.84 bits per heavy atom. The van der Waals surface area contributed by atoms with Gasteiger partial charge in [0.15, 0.2) is 16.6 Å². The van der Waals surface area contributed by atoms with Gasteiger partial charge in [0.1, 0.15) is 6.04 Å². The van der Waals surface area contributed by atoms with E-state index in [2.05, 4.69) is 20.9 Å². The summed E-state index contributed by atoms with van der Waals surface area (Å²) in [5, 5.41) is 10.7. The average Bonchev–Trinajstić information content (AvgIpc) is 3.29. The minimum absolute atomic E-state index is 0.00475. The van der Waals surface area contributed by atoms with E-state index < -0.39 is 24.0 Å². The van der Waals surface area contributed by atoms with Gasteiger partial charge in [0.05, 0.1) is 51.8 Å². The predicted octanol–water partition coefficient (Wildman–Crippen LogP) is 3.86. The highest BCUT2D eigenvalue weighted by Crippen LogP contribution is 2.50. The molecule has 2 amide bonds. The monoisotopic (exact) mass is 624 g/mol. The van der Waals surface area contributed by atoms with Crippen LogP contribution in [-0.4, -0.2) is 56.7 Å². The lowest BCUT2D eigenvalue weighted by atomic mass is 9.95. The summed E-state index contributed by atoms with van der Waals surface area (Å²) in [4.78, 5) is 54.8. The van der Waals surface area contributed by atoms with Crippen molar-refractivity contribution in [2.45, 2.75) is 52.1 Å². The van der Waals surface area contributed by atoms with Crippen molar-refractivity contribution in [3.63, 3.8) is 0 Å². The van der Waals surface area contributed by atoms with E-state index in [0.29, 0.717) is 52.0 Å². The topological polar surface area (TPSA) is 154 Å². The van der Waals surface area contributed by atoms with Crippen molar-refractivity contribution in [1.29, 1.82) is 0 Å². The highest BCUT2D eigenvalue weighted by Gasteiger charge is 2.29. The molecular formula is C31H36N4O8S. The Bertz CT molecular complexity index is 1620. The number of thiazole rings is 1. The largest absolute Gasteiger partial charge is 0.493 e. The summed E-state index contributed by atoms with van der Waals surface area (Å²) in [5.41, 5.74) is 3.22. The van der Waals surface area contributed by atoms with Crippen molar-refractivity contribution in [1.82, 2.24) is 10.3 Å². The van der Waals surface area contributed by atoms with Crippen molar-refractivity contribution in [2.75, 3.05) is 38.6 Å². The Morgan fingerprint density at radius 3 is 2.50 bits per heavy atom. The van der Waals surface area contributed by atoms with Crippen molar-refractivity contribution >= 4 is 39.9 Å². The summed E-state index contributed by atoms with van der Waals surface area (Å²) < 4.78 is 22.0. The first-order valence-corrected chi connectivity index (χ1v) is 14.9. The normalized spacial score (nSPS) is 14.2. The maximum absolute atomic E-state index is 13.6. The summed E-state index contributed by atoms with van der Waals surface area (Å²) in [6, 6.07) is 5.47. The number of hydrogen-bond acceptors (Lipinski definition) is 11. The number of methoxy groups -OCH3 is 3. The number of aryl methyl sites for hydroxylation is 1. The third-order valence-electron chi connectivity index (χ3n) is 7.09. The smallest absolute Gasteiger partial charge is 0.311 e. The first kappa shape index (κ1) is 32.3. The maximum atomic E-state index is 13.6. The molecule has 0 saturated carbocycles. The van der Waals surface area contributed by atoms with E-state index >= 15 is 0 Å². The second-order valence-corrected chi connectivity index (χ2v) is 10.9. The molecule has 12 nitrogen and oxygen atoms in total. The number of nitrogens with zero attached hydrogens (tertiary/aromatic N) is 1. The highest BCUT2D eigenvalue weighted by molar-refractivity contribution is 7.13. The van der Waals surface area contributed by atoms with Gasteiger partial charge in [-0.15, -0.1) is 11.3 Å². The van der Waals surface area contributed by atoms with Gasteiger partial charge in [-0.2, -0.15) is 0 Å². The molecule has 13 heteroatoms. The standard InChI is InChI=1S/C31H36N4O8S/c1-7-43-26(38)13-19-15-44-31(34-19)35-30(39)16(2)32-23-11-9-20-21(14-24(23)37)22(33-17(3)36)10-8-18-12-25(40-4)28(41-5)29(42-6)27(18)20/h9,11-12,14-16,22H,7-8,10,13H2,1-6H3,(H,32,37)(H,33,36)(H,34,35,39)/t16-,22+/m0/s1. The van der Waals surface area contributed by atoms with Crippen LogP contribution in [0.2, 0.25) is 0 Å². The Hall–Kier alpha value is -4.65. The van der Waals surface area contributed by atoms with Crippen LogP contribution in [0.5, 0.6) is 17.2 Å². The number of carbonyl (C=O) groups excluding carboxylic acids is 3. The molecule has 0 fully saturated rings. The molecule has 0 radical (unpaired) electrons. The fraction of sp³-hybridized carbons (Fsp3) is 0.387. The molecule has 3 N–H and O–H groups in total. The molecule has 0 bridgehead atoms. The van der Waals surface area contributed by atoms with E-state index in [1.165, 1.54) is 38.5 Å². The van der Waals surface area contributed by atoms with E-state index in [-0.39, 0.29) is 30.1 Å². The van der Waals surface area contributed by atoms with E-state index in [1.807, 2.05) is 6.07 Å². The quantitative estimate of drug-likeness (QED) is 0.268. The number of ether oxygens (including phenoxy) is 4. The summed E-state index contributed by atoms with van der Waals surface area (Å²) >= 11 is 1.18. The van der Waals surface area contributed by atoms with Crippen LogP contribution in [0.1, 0.15) is 50.1 Å². The molecule has 1 aliphatic rings. The molecule has 4 rings (SSSR count). The lowest BCUT2D eigenvalue weighted by Crippen LogP contribution is -2.33. The fourth-order valence-corrected chi connectivity index (χ4v) is 5.86. The fourth-order valence-electron chi connectivity index (χ4n) is 5.14. The Kier molecular flexibility index (Phi) is 10.4. The zero-order valence-corrected chi connectivity index (χ0v) is 26.3. The minimum Gasteiger partial charge on any atom is -0.493 e. The molecule has 2 atom stereocenters. The minimum atomic E-state index is -0.820. The van der Waals surface area contributed by atoms with Gasteiger partial charge < -0.3 is 34.9 Å². The van der Waals surface area contributed by atoms with E-state index in [1.54, 1.807) is 38.5 Å². The van der Waals surface area contributed by atoms with Gasteiger partial charge in [-0.3, -0.25) is 19.2 Å². The van der Waals surface area contributed by atoms with E-state index in [0.717, 1.165) is 11.1 Å². The third-order valence-corrected chi connectivity index (χ3v) is 7.90. The lowest BCUT2D eigenvalue weighted by Gasteiger charge is -2.19. The number of fused-ring (bicyclic) bond motifs is 3. The van der Waals surface area contributed by atoms with Crippen molar-refractivity contribution in [2.24, 2.45) is 0 Å². The number of hydrogen-bond donors (Lipinski definition) is 3. The molecule has 1 heterocycles. The molecule has 0 aliphatic heterocycles. The molecule has 234 valence electrons. The molecule has 0 saturated heterocycles. The zero-order chi connectivity index (χ0) is 32.0. The zero-order valence-electron chi connectivity index (χ0n) is 25.5. The predicted molar refractivity (Wildman–Crippen MR) is 167 cm³/mol. The number of aromatic nitrogens is 1. The van der Waals surface area contributed by atoms with Crippen LogP contribution in [0, 0.1) is 0 Å². The van der Waals surface area contributed by atoms with Crippen LogP contribution in [0.25, 0.3) is 11.1 Å². The number of esters is 1. The first-order chi connectivity index (χ1) is 21.1. The molecular weight excluding hydrogens is 588 g/mol. The SMILES string of the molecule is CCOC(=O)Cc1csc(NC(=O)[C@H](C)Nc2ccc3c(cc2=O)[C@H](NC(C)=O)CCc2cc(OC)c(OC)c(OC)c2-3)n1. The Balaban J connectivity index is 1.69. The molecule has 2 aromatic carbocycles. The van der Waals surface area contributed by atoms with Crippen LogP contribution in [0.15, 0.2) is 34.4 Å². The van der Waals surface area contributed by atoms with Gasteiger partial charge in [-0.1, -0.05) is 6.07 Å². The number of amides is 2. The lowest BCUT2D eigenvalue weighted by molar-refractivity contribution is -0.142. The second kappa shape index (κ2) is 14.2. The maximum Gasteiger partial charge on any atom is 0.311 e. The molecule has 0 unspecified atom stereocenters. The van der Waals surface area contributed by atoms with E-state index in [9.17, 15) is 19.2 Å². The molecule has 0 spiro atoms. The Labute approximate surface area is 259 Å². The summed E-state index contributed by atoms with van der Waals surface area (Å²) in [7, 11) is 4.60. The van der Waals surface area contributed by atoms with Crippen molar-refractivity contribution < 1.29 is 33.3 Å². The van der Waals surface area contributed by atoms with Crippen LogP contribution in [-0.2, 0) is 32.0 Å². The third kappa shape index (κ3) is 7.10. The van der Waals surface area contributed by atoms with E-state index in [4.69, 9.17) is 18.9 Å². The Morgan fingerprint density at radius 1 is 1.09 bits per heavy atom. The highest BCUT2D eigenvalue weighted by atomic mass is 32.1. The van der Waals surface area contributed by atoms with Gasteiger partial charge in [-0.25, -0.2) is 4.98 Å². The summed E-state index contributed by atoms with van der Waals surface area (Å²) in [5.74, 6) is 0.296.